The minimum atomic E-state index is 0.542. The van der Waals surface area contributed by atoms with Crippen LogP contribution in [0.5, 0.6) is 0 Å². The first-order valence-corrected chi connectivity index (χ1v) is 8.62. The van der Waals surface area contributed by atoms with Crippen LogP contribution in [0.3, 0.4) is 0 Å². The Hall–Kier alpha value is -0.820. The molecule has 1 heteroatoms. The van der Waals surface area contributed by atoms with Crippen molar-refractivity contribution in [1.82, 2.24) is 5.32 Å². The molecule has 0 saturated heterocycles. The highest BCUT2D eigenvalue weighted by atomic mass is 14.9. The summed E-state index contributed by atoms with van der Waals surface area (Å²) in [5.74, 6) is 3.06. The van der Waals surface area contributed by atoms with Crippen molar-refractivity contribution in [3.05, 3.63) is 35.4 Å². The summed E-state index contributed by atoms with van der Waals surface area (Å²) in [5.41, 5.74) is 2.91. The zero-order chi connectivity index (χ0) is 13.9. The highest BCUT2D eigenvalue weighted by molar-refractivity contribution is 5.25. The summed E-state index contributed by atoms with van der Waals surface area (Å²) in [6.45, 7) is 5.75. The molecule has 0 amide bonds. The molecule has 1 aromatic rings. The topological polar surface area (TPSA) is 12.0 Å². The van der Waals surface area contributed by atoms with Gasteiger partial charge in [0.25, 0.3) is 0 Å². The van der Waals surface area contributed by atoms with E-state index in [-0.39, 0.29) is 0 Å². The van der Waals surface area contributed by atoms with Crippen LogP contribution < -0.4 is 5.32 Å². The second kappa shape index (κ2) is 6.30. The normalized spacial score (nSPS) is 29.8. The summed E-state index contributed by atoms with van der Waals surface area (Å²) < 4.78 is 0. The quantitative estimate of drug-likeness (QED) is 0.789. The summed E-state index contributed by atoms with van der Waals surface area (Å²) in [6, 6.07) is 9.76. The second-order valence-corrected chi connectivity index (χ2v) is 6.90. The maximum absolute atomic E-state index is 3.85. The van der Waals surface area contributed by atoms with E-state index in [1.807, 2.05) is 0 Å². The third-order valence-corrected chi connectivity index (χ3v) is 5.71. The third kappa shape index (κ3) is 2.93. The molecule has 0 heterocycles. The van der Waals surface area contributed by atoms with E-state index in [1.165, 1.54) is 49.8 Å². The van der Waals surface area contributed by atoms with E-state index in [2.05, 4.69) is 43.4 Å². The van der Waals surface area contributed by atoms with Gasteiger partial charge in [-0.25, -0.2) is 0 Å². The van der Waals surface area contributed by atoms with Gasteiger partial charge in [0.15, 0.2) is 0 Å². The standard InChI is InChI=1S/C19H29N/c1-3-14-5-8-16(9-6-14)19(4-2)20-13-18-12-15-7-10-17(18)11-15/h5-6,8-9,15,17-20H,3-4,7,10-13H2,1-2H3. The molecule has 4 unspecified atom stereocenters. The predicted molar refractivity (Wildman–Crippen MR) is 85.8 cm³/mol. The van der Waals surface area contributed by atoms with Crippen molar-refractivity contribution >= 4 is 0 Å². The van der Waals surface area contributed by atoms with Crippen LogP contribution in [0.15, 0.2) is 24.3 Å². The molecule has 2 bridgehead atoms. The minimum Gasteiger partial charge on any atom is -0.310 e. The largest absolute Gasteiger partial charge is 0.310 e. The van der Waals surface area contributed by atoms with Crippen LogP contribution in [0.4, 0.5) is 0 Å². The summed E-state index contributed by atoms with van der Waals surface area (Å²) in [4.78, 5) is 0. The van der Waals surface area contributed by atoms with E-state index in [1.54, 1.807) is 0 Å². The van der Waals surface area contributed by atoms with E-state index in [0.29, 0.717) is 6.04 Å². The molecule has 0 aliphatic heterocycles. The molecule has 3 rings (SSSR count). The first-order chi connectivity index (χ1) is 9.80. The van der Waals surface area contributed by atoms with Gasteiger partial charge in [-0.15, -0.1) is 0 Å². The van der Waals surface area contributed by atoms with Gasteiger partial charge < -0.3 is 5.32 Å². The molecule has 20 heavy (non-hydrogen) atoms. The minimum absolute atomic E-state index is 0.542. The molecule has 0 aromatic heterocycles. The zero-order valence-corrected chi connectivity index (χ0v) is 13.1. The van der Waals surface area contributed by atoms with Crippen molar-refractivity contribution in [2.75, 3.05) is 6.54 Å². The van der Waals surface area contributed by atoms with Crippen molar-refractivity contribution in [1.29, 1.82) is 0 Å². The third-order valence-electron chi connectivity index (χ3n) is 5.71. The Kier molecular flexibility index (Phi) is 4.45. The van der Waals surface area contributed by atoms with E-state index >= 15 is 0 Å². The van der Waals surface area contributed by atoms with Crippen molar-refractivity contribution in [2.24, 2.45) is 17.8 Å². The van der Waals surface area contributed by atoms with Gasteiger partial charge in [-0.1, -0.05) is 44.5 Å². The first-order valence-electron chi connectivity index (χ1n) is 8.62. The van der Waals surface area contributed by atoms with Crippen LogP contribution in [0.25, 0.3) is 0 Å². The van der Waals surface area contributed by atoms with Crippen LogP contribution in [0.2, 0.25) is 0 Å². The van der Waals surface area contributed by atoms with Crippen LogP contribution in [0.1, 0.15) is 63.1 Å². The number of rotatable bonds is 6. The van der Waals surface area contributed by atoms with Gasteiger partial charge in [-0.3, -0.25) is 0 Å². The van der Waals surface area contributed by atoms with E-state index in [4.69, 9.17) is 0 Å². The Bertz CT molecular complexity index is 422. The van der Waals surface area contributed by atoms with E-state index in [9.17, 15) is 0 Å². The molecule has 1 aromatic carbocycles. The summed E-state index contributed by atoms with van der Waals surface area (Å²) in [7, 11) is 0. The zero-order valence-electron chi connectivity index (χ0n) is 13.1. The van der Waals surface area contributed by atoms with Crippen molar-refractivity contribution in [3.8, 4) is 0 Å². The van der Waals surface area contributed by atoms with E-state index < -0.39 is 0 Å². The molecule has 110 valence electrons. The number of fused-ring (bicyclic) bond motifs is 2. The summed E-state index contributed by atoms with van der Waals surface area (Å²) >= 11 is 0. The van der Waals surface area contributed by atoms with Gasteiger partial charge >= 0.3 is 0 Å². The number of hydrogen-bond acceptors (Lipinski definition) is 1. The molecule has 0 spiro atoms. The molecule has 4 atom stereocenters. The van der Waals surface area contributed by atoms with Gasteiger partial charge in [0.05, 0.1) is 0 Å². The maximum Gasteiger partial charge on any atom is 0.0317 e. The maximum atomic E-state index is 3.85. The highest BCUT2D eigenvalue weighted by Gasteiger charge is 2.39. The average Bonchev–Trinajstić information content (AvgIpc) is 3.11. The Morgan fingerprint density at radius 1 is 1.10 bits per heavy atom. The average molecular weight is 271 g/mol. The van der Waals surface area contributed by atoms with Crippen LogP contribution >= 0.6 is 0 Å². The number of aryl methyl sites for hydroxylation is 1. The number of benzene rings is 1. The van der Waals surface area contributed by atoms with Crippen LogP contribution in [0, 0.1) is 17.8 Å². The SMILES string of the molecule is CCc1ccc(C(CC)NCC2CC3CCC2C3)cc1. The molecule has 1 N–H and O–H groups in total. The molecular weight excluding hydrogens is 242 g/mol. The van der Waals surface area contributed by atoms with Crippen LogP contribution in [-0.2, 0) is 6.42 Å². The lowest BCUT2D eigenvalue weighted by Gasteiger charge is -2.25. The van der Waals surface area contributed by atoms with Crippen molar-refractivity contribution < 1.29 is 0 Å². The molecule has 2 saturated carbocycles. The van der Waals surface area contributed by atoms with E-state index in [0.717, 1.165) is 24.2 Å². The van der Waals surface area contributed by atoms with Gasteiger partial charge in [-0.2, -0.15) is 0 Å². The summed E-state index contributed by atoms with van der Waals surface area (Å²) in [5, 5.41) is 3.85. The molecule has 1 nitrogen and oxygen atoms in total. The first kappa shape index (κ1) is 14.1. The van der Waals surface area contributed by atoms with Gasteiger partial charge in [0.2, 0.25) is 0 Å². The smallest absolute Gasteiger partial charge is 0.0317 e. The molecule has 2 aliphatic carbocycles. The fourth-order valence-corrected chi connectivity index (χ4v) is 4.40. The lowest BCUT2D eigenvalue weighted by atomic mass is 9.88. The fraction of sp³-hybridized carbons (Fsp3) is 0.684. The van der Waals surface area contributed by atoms with Crippen molar-refractivity contribution in [3.63, 3.8) is 0 Å². The van der Waals surface area contributed by atoms with Gasteiger partial charge in [0, 0.05) is 6.04 Å². The fourth-order valence-electron chi connectivity index (χ4n) is 4.40. The lowest BCUT2D eigenvalue weighted by molar-refractivity contribution is 0.304. The number of hydrogen-bond donors (Lipinski definition) is 1. The monoisotopic (exact) mass is 271 g/mol. The number of nitrogens with one attached hydrogen (secondary N) is 1. The van der Waals surface area contributed by atoms with Gasteiger partial charge in [-0.05, 0) is 67.5 Å². The van der Waals surface area contributed by atoms with Crippen molar-refractivity contribution in [2.45, 2.75) is 58.4 Å². The Morgan fingerprint density at radius 2 is 1.90 bits per heavy atom. The van der Waals surface area contributed by atoms with Crippen LogP contribution in [-0.4, -0.2) is 6.54 Å². The molecule has 2 aliphatic rings. The Labute approximate surface area is 124 Å². The van der Waals surface area contributed by atoms with Gasteiger partial charge in [0.1, 0.15) is 0 Å². The predicted octanol–water partition coefficient (Wildman–Crippen LogP) is 4.73. The Balaban J connectivity index is 1.56. The summed E-state index contributed by atoms with van der Waals surface area (Å²) in [6.07, 6.45) is 8.34. The molecular formula is C19H29N. The molecule has 2 fully saturated rings. The lowest BCUT2D eigenvalue weighted by Crippen LogP contribution is -2.29. The highest BCUT2D eigenvalue weighted by Crippen LogP contribution is 2.48. The molecule has 0 radical (unpaired) electrons. The Morgan fingerprint density at radius 3 is 2.45 bits per heavy atom. The second-order valence-electron chi connectivity index (χ2n) is 6.90.